The zero-order valence-corrected chi connectivity index (χ0v) is 10.0. The Balaban J connectivity index is 2.14. The SMILES string of the molecule is O=C(c1cc(F)cc(F)c1)C(O)C1CCCCC1. The number of carbonyl (C=O) groups is 1. The van der Waals surface area contributed by atoms with Crippen LogP contribution in [0.1, 0.15) is 42.5 Å². The fourth-order valence-electron chi connectivity index (χ4n) is 2.53. The third kappa shape index (κ3) is 2.93. The zero-order chi connectivity index (χ0) is 13.1. The molecular formula is C14H16F2O2. The van der Waals surface area contributed by atoms with Crippen LogP contribution >= 0.6 is 0 Å². The Labute approximate surface area is 105 Å². The molecule has 0 aromatic heterocycles. The summed E-state index contributed by atoms with van der Waals surface area (Å²) in [6.45, 7) is 0. The fraction of sp³-hybridized carbons (Fsp3) is 0.500. The number of Topliss-reactive ketones (excluding diaryl/α,β-unsaturated/α-hetero) is 1. The third-order valence-electron chi connectivity index (χ3n) is 3.51. The number of hydrogen-bond acceptors (Lipinski definition) is 2. The maximum Gasteiger partial charge on any atom is 0.191 e. The predicted octanol–water partition coefficient (Wildman–Crippen LogP) is 3.09. The first kappa shape index (κ1) is 13.1. The van der Waals surface area contributed by atoms with Gasteiger partial charge in [-0.05, 0) is 30.9 Å². The van der Waals surface area contributed by atoms with Crippen molar-refractivity contribution in [3.05, 3.63) is 35.4 Å². The molecule has 2 rings (SSSR count). The van der Waals surface area contributed by atoms with Gasteiger partial charge in [0.2, 0.25) is 0 Å². The van der Waals surface area contributed by atoms with Gasteiger partial charge in [0.15, 0.2) is 5.78 Å². The van der Waals surface area contributed by atoms with Gasteiger partial charge in [-0.15, -0.1) is 0 Å². The molecule has 1 aliphatic rings. The van der Waals surface area contributed by atoms with E-state index in [9.17, 15) is 18.7 Å². The van der Waals surface area contributed by atoms with Crippen LogP contribution in [0.25, 0.3) is 0 Å². The minimum atomic E-state index is -1.15. The summed E-state index contributed by atoms with van der Waals surface area (Å²) in [6, 6.07) is 2.65. The van der Waals surface area contributed by atoms with E-state index in [0.29, 0.717) is 6.07 Å². The van der Waals surface area contributed by atoms with Gasteiger partial charge in [-0.1, -0.05) is 19.3 Å². The first-order chi connectivity index (χ1) is 8.58. The normalized spacial score (nSPS) is 18.6. The number of aliphatic hydroxyl groups excluding tert-OH is 1. The average molecular weight is 254 g/mol. The van der Waals surface area contributed by atoms with E-state index in [0.717, 1.165) is 44.2 Å². The first-order valence-corrected chi connectivity index (χ1v) is 6.26. The van der Waals surface area contributed by atoms with E-state index in [4.69, 9.17) is 0 Å². The summed E-state index contributed by atoms with van der Waals surface area (Å²) in [6.07, 6.45) is 3.55. The maximum absolute atomic E-state index is 13.0. The summed E-state index contributed by atoms with van der Waals surface area (Å²) in [5.74, 6) is -2.26. The van der Waals surface area contributed by atoms with Crippen LogP contribution < -0.4 is 0 Å². The molecule has 1 unspecified atom stereocenters. The molecule has 18 heavy (non-hydrogen) atoms. The van der Waals surface area contributed by atoms with Crippen LogP contribution in [0.3, 0.4) is 0 Å². The number of benzene rings is 1. The van der Waals surface area contributed by atoms with Crippen LogP contribution in [0.15, 0.2) is 18.2 Å². The zero-order valence-electron chi connectivity index (χ0n) is 10.0. The van der Waals surface area contributed by atoms with Crippen LogP contribution in [-0.4, -0.2) is 17.0 Å². The van der Waals surface area contributed by atoms with Gasteiger partial charge in [0.05, 0.1) is 0 Å². The van der Waals surface area contributed by atoms with Crippen molar-refractivity contribution in [3.63, 3.8) is 0 Å². The van der Waals surface area contributed by atoms with E-state index in [1.165, 1.54) is 0 Å². The number of aliphatic hydroxyl groups is 1. The second-order valence-corrected chi connectivity index (χ2v) is 4.87. The molecule has 98 valence electrons. The highest BCUT2D eigenvalue weighted by atomic mass is 19.1. The number of hydrogen-bond donors (Lipinski definition) is 1. The van der Waals surface area contributed by atoms with E-state index < -0.39 is 23.5 Å². The van der Waals surface area contributed by atoms with Gasteiger partial charge >= 0.3 is 0 Å². The van der Waals surface area contributed by atoms with Crippen LogP contribution in [0, 0.1) is 17.6 Å². The number of carbonyl (C=O) groups excluding carboxylic acids is 1. The summed E-state index contributed by atoms with van der Waals surface area (Å²) < 4.78 is 26.0. The average Bonchev–Trinajstić information content (AvgIpc) is 2.37. The van der Waals surface area contributed by atoms with Crippen molar-refractivity contribution in [2.24, 2.45) is 5.92 Å². The summed E-state index contributed by atoms with van der Waals surface area (Å²) in [7, 11) is 0. The van der Waals surface area contributed by atoms with Crippen molar-refractivity contribution in [2.75, 3.05) is 0 Å². The number of halogens is 2. The van der Waals surface area contributed by atoms with Gasteiger partial charge in [0.1, 0.15) is 17.7 Å². The van der Waals surface area contributed by atoms with Crippen molar-refractivity contribution >= 4 is 5.78 Å². The molecule has 0 heterocycles. The lowest BCUT2D eigenvalue weighted by atomic mass is 9.82. The van der Waals surface area contributed by atoms with E-state index in [1.54, 1.807) is 0 Å². The van der Waals surface area contributed by atoms with Gasteiger partial charge in [0.25, 0.3) is 0 Å². The summed E-state index contributed by atoms with van der Waals surface area (Å²) in [5, 5.41) is 9.98. The molecule has 1 atom stereocenters. The molecule has 0 spiro atoms. The molecule has 0 saturated heterocycles. The summed E-state index contributed by atoms with van der Waals surface area (Å²) in [5.41, 5.74) is -0.0921. The highest BCUT2D eigenvalue weighted by Crippen LogP contribution is 2.28. The molecular weight excluding hydrogens is 238 g/mol. The third-order valence-corrected chi connectivity index (χ3v) is 3.51. The molecule has 0 bridgehead atoms. The van der Waals surface area contributed by atoms with Crippen molar-refractivity contribution in [1.29, 1.82) is 0 Å². The molecule has 0 amide bonds. The van der Waals surface area contributed by atoms with Crippen LogP contribution in [0.2, 0.25) is 0 Å². The fourth-order valence-corrected chi connectivity index (χ4v) is 2.53. The molecule has 4 heteroatoms. The lowest BCUT2D eigenvalue weighted by Gasteiger charge is -2.25. The van der Waals surface area contributed by atoms with Gasteiger partial charge in [-0.2, -0.15) is 0 Å². The lowest BCUT2D eigenvalue weighted by molar-refractivity contribution is 0.0534. The number of rotatable bonds is 3. The number of ketones is 1. The Bertz CT molecular complexity index is 419. The quantitative estimate of drug-likeness (QED) is 0.842. The Morgan fingerprint density at radius 1 is 1.11 bits per heavy atom. The monoisotopic (exact) mass is 254 g/mol. The maximum atomic E-state index is 13.0. The Morgan fingerprint density at radius 3 is 2.22 bits per heavy atom. The summed E-state index contributed by atoms with van der Waals surface area (Å²) >= 11 is 0. The van der Waals surface area contributed by atoms with E-state index in [-0.39, 0.29) is 11.5 Å². The minimum absolute atomic E-state index is 0.0856. The van der Waals surface area contributed by atoms with Gasteiger partial charge in [-0.3, -0.25) is 4.79 Å². The highest BCUT2D eigenvalue weighted by molar-refractivity contribution is 5.99. The highest BCUT2D eigenvalue weighted by Gasteiger charge is 2.28. The van der Waals surface area contributed by atoms with Crippen molar-refractivity contribution in [2.45, 2.75) is 38.2 Å². The van der Waals surface area contributed by atoms with Gasteiger partial charge in [-0.25, -0.2) is 8.78 Å². The first-order valence-electron chi connectivity index (χ1n) is 6.26. The van der Waals surface area contributed by atoms with Gasteiger partial charge < -0.3 is 5.11 Å². The van der Waals surface area contributed by atoms with Crippen LogP contribution in [0.4, 0.5) is 8.78 Å². The Morgan fingerprint density at radius 2 is 1.67 bits per heavy atom. The largest absolute Gasteiger partial charge is 0.385 e. The predicted molar refractivity (Wildman–Crippen MR) is 63.3 cm³/mol. The molecule has 1 aliphatic carbocycles. The van der Waals surface area contributed by atoms with Crippen molar-refractivity contribution in [3.8, 4) is 0 Å². The molecule has 0 radical (unpaired) electrons. The standard InChI is InChI=1S/C14H16F2O2/c15-11-6-10(7-12(16)8-11)14(18)13(17)9-4-2-1-3-5-9/h6-9,13,17H,1-5H2. The van der Waals surface area contributed by atoms with Crippen LogP contribution in [-0.2, 0) is 0 Å². The van der Waals surface area contributed by atoms with E-state index in [2.05, 4.69) is 0 Å². The molecule has 1 aromatic carbocycles. The molecule has 1 saturated carbocycles. The molecule has 1 aromatic rings. The molecule has 0 aliphatic heterocycles. The van der Waals surface area contributed by atoms with E-state index >= 15 is 0 Å². The van der Waals surface area contributed by atoms with Gasteiger partial charge in [0, 0.05) is 11.6 Å². The topological polar surface area (TPSA) is 37.3 Å². The second kappa shape index (κ2) is 5.57. The Hall–Kier alpha value is -1.29. The minimum Gasteiger partial charge on any atom is -0.385 e. The Kier molecular flexibility index (Phi) is 4.07. The van der Waals surface area contributed by atoms with Crippen molar-refractivity contribution in [1.82, 2.24) is 0 Å². The molecule has 1 fully saturated rings. The van der Waals surface area contributed by atoms with Crippen LogP contribution in [0.5, 0.6) is 0 Å². The molecule has 2 nitrogen and oxygen atoms in total. The smallest absolute Gasteiger partial charge is 0.191 e. The lowest BCUT2D eigenvalue weighted by Crippen LogP contribution is -2.31. The molecule has 1 N–H and O–H groups in total. The van der Waals surface area contributed by atoms with E-state index in [1.807, 2.05) is 0 Å². The second-order valence-electron chi connectivity index (χ2n) is 4.87. The summed E-state index contributed by atoms with van der Waals surface area (Å²) in [4.78, 5) is 12.0. The van der Waals surface area contributed by atoms with Crippen molar-refractivity contribution < 1.29 is 18.7 Å².